The van der Waals surface area contributed by atoms with Crippen LogP contribution in [0.2, 0.25) is 0 Å². The van der Waals surface area contributed by atoms with Gasteiger partial charge in [-0.25, -0.2) is 0 Å². The van der Waals surface area contributed by atoms with Gasteiger partial charge in [-0.3, -0.25) is 9.69 Å². The van der Waals surface area contributed by atoms with E-state index in [1.165, 1.54) is 6.42 Å². The number of nitrogens with zero attached hydrogens (tertiary/aromatic N) is 3. The summed E-state index contributed by atoms with van der Waals surface area (Å²) in [5.74, 6) is 1.21. The Bertz CT molecular complexity index is 486. The zero-order valence-corrected chi connectivity index (χ0v) is 13.1. The van der Waals surface area contributed by atoms with Gasteiger partial charge in [-0.05, 0) is 46.1 Å². The van der Waals surface area contributed by atoms with E-state index in [-0.39, 0.29) is 6.04 Å². The van der Waals surface area contributed by atoms with E-state index >= 15 is 0 Å². The van der Waals surface area contributed by atoms with Crippen molar-refractivity contribution in [3.8, 4) is 0 Å². The molecule has 1 amide bonds. The molecule has 0 aliphatic carbocycles. The van der Waals surface area contributed by atoms with Crippen molar-refractivity contribution >= 4 is 5.91 Å². The van der Waals surface area contributed by atoms with Gasteiger partial charge in [0.15, 0.2) is 0 Å². The Morgan fingerprint density at radius 1 is 1.19 bits per heavy atom. The summed E-state index contributed by atoms with van der Waals surface area (Å²) < 4.78 is 5.26. The maximum atomic E-state index is 12.8. The van der Waals surface area contributed by atoms with Crippen LogP contribution in [0.1, 0.15) is 49.1 Å². The summed E-state index contributed by atoms with van der Waals surface area (Å²) in [6, 6.07) is 0.0468. The molecule has 0 saturated carbocycles. The third-order valence-electron chi connectivity index (χ3n) is 4.86. The van der Waals surface area contributed by atoms with Crippen LogP contribution in [0.15, 0.2) is 4.52 Å². The number of rotatable bonds is 3. The van der Waals surface area contributed by atoms with Gasteiger partial charge in [0.05, 0.1) is 11.7 Å². The van der Waals surface area contributed by atoms with Crippen molar-refractivity contribution in [2.45, 2.75) is 58.5 Å². The van der Waals surface area contributed by atoms with Crippen molar-refractivity contribution in [1.82, 2.24) is 15.0 Å². The van der Waals surface area contributed by atoms with Crippen molar-refractivity contribution in [3.05, 3.63) is 17.0 Å². The maximum Gasteiger partial charge on any atom is 0.239 e. The fourth-order valence-electron chi connectivity index (χ4n) is 3.54. The van der Waals surface area contributed by atoms with Gasteiger partial charge in [-0.2, -0.15) is 0 Å². The molecule has 21 heavy (non-hydrogen) atoms. The van der Waals surface area contributed by atoms with Gasteiger partial charge >= 0.3 is 0 Å². The number of hydrogen-bond donors (Lipinski definition) is 0. The molecule has 3 rings (SSSR count). The molecule has 5 nitrogen and oxygen atoms in total. The largest absolute Gasteiger partial charge is 0.361 e. The first-order valence-corrected chi connectivity index (χ1v) is 8.11. The van der Waals surface area contributed by atoms with Crippen LogP contribution in [0, 0.1) is 13.8 Å². The van der Waals surface area contributed by atoms with Crippen LogP contribution < -0.4 is 0 Å². The summed E-state index contributed by atoms with van der Waals surface area (Å²) >= 11 is 0. The van der Waals surface area contributed by atoms with Crippen LogP contribution >= 0.6 is 0 Å². The van der Waals surface area contributed by atoms with Gasteiger partial charge in [0.1, 0.15) is 5.76 Å². The molecular formula is C16H25N3O2. The molecule has 0 spiro atoms. The molecule has 1 aromatic rings. The predicted octanol–water partition coefficient (Wildman–Crippen LogP) is 2.27. The van der Waals surface area contributed by atoms with Crippen molar-refractivity contribution in [3.63, 3.8) is 0 Å². The number of piperidine rings is 1. The molecule has 2 fully saturated rings. The van der Waals surface area contributed by atoms with Crippen LogP contribution in [0.3, 0.4) is 0 Å². The minimum absolute atomic E-state index is 0.0468. The van der Waals surface area contributed by atoms with E-state index in [2.05, 4.69) is 15.0 Å². The summed E-state index contributed by atoms with van der Waals surface area (Å²) in [7, 11) is 0. The molecule has 2 saturated heterocycles. The third kappa shape index (κ3) is 2.98. The molecule has 2 aliphatic heterocycles. The lowest BCUT2D eigenvalue weighted by Crippen LogP contribution is -2.49. The van der Waals surface area contributed by atoms with E-state index in [1.54, 1.807) is 0 Å². The molecule has 0 unspecified atom stereocenters. The molecule has 0 N–H and O–H groups in total. The highest BCUT2D eigenvalue weighted by atomic mass is 16.5. The topological polar surface area (TPSA) is 49.6 Å². The Balaban J connectivity index is 1.73. The summed E-state index contributed by atoms with van der Waals surface area (Å²) in [6.45, 7) is 7.59. The minimum Gasteiger partial charge on any atom is -0.361 e. The first-order chi connectivity index (χ1) is 10.2. The zero-order valence-electron chi connectivity index (χ0n) is 13.1. The highest BCUT2D eigenvalue weighted by Gasteiger charge is 2.33. The monoisotopic (exact) mass is 291 g/mol. The molecule has 1 atom stereocenters. The average Bonchev–Trinajstić information content (AvgIpc) is 3.13. The second kappa shape index (κ2) is 6.18. The smallest absolute Gasteiger partial charge is 0.239 e. The van der Waals surface area contributed by atoms with E-state index in [9.17, 15) is 4.79 Å². The Morgan fingerprint density at radius 3 is 2.57 bits per heavy atom. The lowest BCUT2D eigenvalue weighted by Gasteiger charge is -2.36. The first-order valence-electron chi connectivity index (χ1n) is 8.11. The summed E-state index contributed by atoms with van der Waals surface area (Å²) in [5, 5.41) is 4.03. The van der Waals surface area contributed by atoms with Crippen molar-refractivity contribution in [2.24, 2.45) is 0 Å². The second-order valence-electron chi connectivity index (χ2n) is 6.32. The SMILES string of the molecule is Cc1noc(C)c1CN1CCCC[C@@H]1C(=O)N1CCCC1. The average molecular weight is 291 g/mol. The number of amides is 1. The van der Waals surface area contributed by atoms with Crippen LogP contribution in [0.5, 0.6) is 0 Å². The third-order valence-corrected chi connectivity index (χ3v) is 4.86. The van der Waals surface area contributed by atoms with Crippen LogP contribution in [-0.2, 0) is 11.3 Å². The Kier molecular flexibility index (Phi) is 4.29. The Morgan fingerprint density at radius 2 is 1.90 bits per heavy atom. The fourth-order valence-corrected chi connectivity index (χ4v) is 3.54. The van der Waals surface area contributed by atoms with Gasteiger partial charge in [-0.15, -0.1) is 0 Å². The molecule has 1 aromatic heterocycles. The maximum absolute atomic E-state index is 12.8. The molecule has 0 bridgehead atoms. The van der Waals surface area contributed by atoms with Gasteiger partial charge in [-0.1, -0.05) is 11.6 Å². The number of hydrogen-bond acceptors (Lipinski definition) is 4. The van der Waals surface area contributed by atoms with Gasteiger partial charge < -0.3 is 9.42 Å². The van der Waals surface area contributed by atoms with Crippen LogP contribution in [0.4, 0.5) is 0 Å². The number of carbonyl (C=O) groups excluding carboxylic acids is 1. The van der Waals surface area contributed by atoms with Crippen LogP contribution in [-0.4, -0.2) is 46.5 Å². The number of aromatic nitrogens is 1. The molecule has 0 radical (unpaired) electrons. The summed E-state index contributed by atoms with van der Waals surface area (Å²) in [6.07, 6.45) is 5.62. The Labute approximate surface area is 126 Å². The standard InChI is InChI=1S/C16H25N3O2/c1-12-14(13(2)21-17-12)11-19-10-4-3-7-15(19)16(20)18-8-5-6-9-18/h15H,3-11H2,1-2H3/t15-/m1/s1. The number of carbonyl (C=O) groups is 1. The number of likely N-dealkylation sites (tertiary alicyclic amines) is 2. The highest BCUT2D eigenvalue weighted by molar-refractivity contribution is 5.82. The quantitative estimate of drug-likeness (QED) is 0.857. The van der Waals surface area contributed by atoms with E-state index < -0.39 is 0 Å². The molecule has 0 aromatic carbocycles. The Hall–Kier alpha value is -1.36. The normalized spacial score (nSPS) is 23.7. The minimum atomic E-state index is 0.0468. The molecule has 5 heteroatoms. The van der Waals surface area contributed by atoms with E-state index in [0.717, 1.165) is 68.9 Å². The van der Waals surface area contributed by atoms with E-state index in [4.69, 9.17) is 4.52 Å². The van der Waals surface area contributed by atoms with Gasteiger partial charge in [0, 0.05) is 25.2 Å². The van der Waals surface area contributed by atoms with E-state index in [1.807, 2.05) is 13.8 Å². The van der Waals surface area contributed by atoms with Crippen molar-refractivity contribution in [2.75, 3.05) is 19.6 Å². The number of aryl methyl sites for hydroxylation is 2. The highest BCUT2D eigenvalue weighted by Crippen LogP contribution is 2.25. The van der Waals surface area contributed by atoms with E-state index in [0.29, 0.717) is 5.91 Å². The predicted molar refractivity (Wildman–Crippen MR) is 79.8 cm³/mol. The van der Waals surface area contributed by atoms with Gasteiger partial charge in [0.2, 0.25) is 5.91 Å². The molecule has 116 valence electrons. The molecule has 3 heterocycles. The van der Waals surface area contributed by atoms with Crippen molar-refractivity contribution < 1.29 is 9.32 Å². The fraction of sp³-hybridized carbons (Fsp3) is 0.750. The zero-order chi connectivity index (χ0) is 14.8. The lowest BCUT2D eigenvalue weighted by molar-refractivity contribution is -0.137. The van der Waals surface area contributed by atoms with Crippen molar-refractivity contribution in [1.29, 1.82) is 0 Å². The summed E-state index contributed by atoms with van der Waals surface area (Å²) in [5.41, 5.74) is 2.10. The van der Waals surface area contributed by atoms with Gasteiger partial charge in [0.25, 0.3) is 0 Å². The molecular weight excluding hydrogens is 266 g/mol. The second-order valence-corrected chi connectivity index (χ2v) is 6.32. The lowest BCUT2D eigenvalue weighted by atomic mass is 9.99. The molecule has 2 aliphatic rings. The summed E-state index contributed by atoms with van der Waals surface area (Å²) in [4.78, 5) is 17.1. The first kappa shape index (κ1) is 14.6. The van der Waals surface area contributed by atoms with Crippen LogP contribution in [0.25, 0.3) is 0 Å².